The Balaban J connectivity index is 2.31. The molecular formula is C16H12ClN3O7. The van der Waals surface area contributed by atoms with Crippen molar-refractivity contribution < 1.29 is 24.2 Å². The SMILES string of the molecule is CCOC(=O)c1ccc(NC(=O)c2cc([N+](=O)[O-])cc([N+](=O)[O-])c2Cl)cc1. The number of hydrogen-bond donors (Lipinski definition) is 1. The van der Waals surface area contributed by atoms with Crippen LogP contribution < -0.4 is 5.32 Å². The van der Waals surface area contributed by atoms with E-state index in [9.17, 15) is 29.8 Å². The number of nitro benzene ring substituents is 2. The zero-order valence-electron chi connectivity index (χ0n) is 13.8. The Kier molecular flexibility index (Phi) is 6.03. The van der Waals surface area contributed by atoms with Crippen molar-refractivity contribution in [2.45, 2.75) is 6.92 Å². The van der Waals surface area contributed by atoms with Crippen LogP contribution in [0.1, 0.15) is 27.6 Å². The average molecular weight is 394 g/mol. The second-order valence-corrected chi connectivity index (χ2v) is 5.47. The highest BCUT2D eigenvalue weighted by molar-refractivity contribution is 6.36. The normalized spacial score (nSPS) is 10.1. The molecule has 0 saturated heterocycles. The third-order valence-electron chi connectivity index (χ3n) is 3.34. The smallest absolute Gasteiger partial charge is 0.338 e. The minimum atomic E-state index is -0.916. The molecule has 0 aliphatic heterocycles. The Morgan fingerprint density at radius 3 is 2.26 bits per heavy atom. The van der Waals surface area contributed by atoms with Gasteiger partial charge in [0.15, 0.2) is 0 Å². The van der Waals surface area contributed by atoms with Crippen molar-refractivity contribution in [3.8, 4) is 0 Å². The topological polar surface area (TPSA) is 142 Å². The molecule has 0 atom stereocenters. The van der Waals surface area contributed by atoms with E-state index in [2.05, 4.69) is 5.32 Å². The van der Waals surface area contributed by atoms with E-state index in [1.807, 2.05) is 0 Å². The molecule has 0 aliphatic carbocycles. The number of rotatable bonds is 6. The number of anilines is 1. The van der Waals surface area contributed by atoms with Crippen molar-refractivity contribution >= 4 is 40.5 Å². The molecule has 140 valence electrons. The van der Waals surface area contributed by atoms with Crippen LogP contribution in [0.25, 0.3) is 0 Å². The van der Waals surface area contributed by atoms with Crippen LogP contribution in [0.2, 0.25) is 5.02 Å². The molecule has 1 N–H and O–H groups in total. The van der Waals surface area contributed by atoms with E-state index in [0.29, 0.717) is 6.07 Å². The molecule has 0 spiro atoms. The molecule has 0 fully saturated rings. The number of nitrogens with one attached hydrogen (secondary N) is 1. The van der Waals surface area contributed by atoms with E-state index in [0.717, 1.165) is 6.07 Å². The van der Waals surface area contributed by atoms with E-state index < -0.39 is 43.7 Å². The summed E-state index contributed by atoms with van der Waals surface area (Å²) < 4.78 is 4.83. The maximum atomic E-state index is 12.4. The predicted octanol–water partition coefficient (Wildman–Crippen LogP) is 3.59. The van der Waals surface area contributed by atoms with E-state index in [1.165, 1.54) is 24.3 Å². The maximum Gasteiger partial charge on any atom is 0.338 e. The van der Waals surface area contributed by atoms with E-state index in [-0.39, 0.29) is 17.9 Å². The number of benzene rings is 2. The van der Waals surface area contributed by atoms with Gasteiger partial charge in [0.05, 0.1) is 33.6 Å². The molecule has 0 aliphatic rings. The zero-order chi connectivity index (χ0) is 20.1. The quantitative estimate of drug-likeness (QED) is 0.448. The van der Waals surface area contributed by atoms with Crippen LogP contribution in [0.4, 0.5) is 17.1 Å². The van der Waals surface area contributed by atoms with Gasteiger partial charge >= 0.3 is 5.97 Å². The fourth-order valence-corrected chi connectivity index (χ4v) is 2.36. The first kappa shape index (κ1) is 19.8. The van der Waals surface area contributed by atoms with Crippen molar-refractivity contribution in [3.05, 3.63) is 72.8 Å². The summed E-state index contributed by atoms with van der Waals surface area (Å²) in [5.74, 6) is -1.41. The Hall–Kier alpha value is -3.53. The number of carbonyl (C=O) groups excluding carboxylic acids is 2. The molecule has 27 heavy (non-hydrogen) atoms. The van der Waals surface area contributed by atoms with E-state index in [4.69, 9.17) is 16.3 Å². The first-order valence-electron chi connectivity index (χ1n) is 7.45. The molecule has 0 heterocycles. The molecule has 0 aromatic heterocycles. The van der Waals surface area contributed by atoms with Crippen LogP contribution in [-0.4, -0.2) is 28.3 Å². The number of amides is 1. The first-order chi connectivity index (χ1) is 12.7. The fourth-order valence-electron chi connectivity index (χ4n) is 2.10. The molecule has 2 rings (SSSR count). The molecule has 0 saturated carbocycles. The molecule has 0 bridgehead atoms. The van der Waals surface area contributed by atoms with Crippen molar-refractivity contribution in [1.82, 2.24) is 0 Å². The average Bonchev–Trinajstić information content (AvgIpc) is 2.62. The van der Waals surface area contributed by atoms with Crippen LogP contribution in [0, 0.1) is 20.2 Å². The third-order valence-corrected chi connectivity index (χ3v) is 3.74. The van der Waals surface area contributed by atoms with E-state index >= 15 is 0 Å². The minimum absolute atomic E-state index is 0.210. The molecule has 2 aromatic carbocycles. The van der Waals surface area contributed by atoms with Crippen LogP contribution in [0.5, 0.6) is 0 Å². The lowest BCUT2D eigenvalue weighted by molar-refractivity contribution is -0.394. The van der Waals surface area contributed by atoms with Gasteiger partial charge in [-0.3, -0.25) is 25.0 Å². The lowest BCUT2D eigenvalue weighted by Gasteiger charge is -2.08. The molecule has 0 unspecified atom stereocenters. The Morgan fingerprint density at radius 2 is 1.74 bits per heavy atom. The van der Waals surface area contributed by atoms with Crippen LogP contribution >= 0.6 is 11.6 Å². The Bertz CT molecular complexity index is 928. The number of nitrogens with zero attached hydrogens (tertiary/aromatic N) is 2. The van der Waals surface area contributed by atoms with Crippen LogP contribution in [0.3, 0.4) is 0 Å². The van der Waals surface area contributed by atoms with Crippen LogP contribution in [-0.2, 0) is 4.74 Å². The number of carbonyl (C=O) groups is 2. The molecule has 11 heteroatoms. The highest BCUT2D eigenvalue weighted by Crippen LogP contribution is 2.33. The highest BCUT2D eigenvalue weighted by atomic mass is 35.5. The second kappa shape index (κ2) is 8.23. The Morgan fingerprint density at radius 1 is 1.11 bits per heavy atom. The Labute approximate surface area is 157 Å². The van der Waals surface area contributed by atoms with Crippen LogP contribution in [0.15, 0.2) is 36.4 Å². The third kappa shape index (κ3) is 4.55. The van der Waals surface area contributed by atoms with Gasteiger partial charge in [0.1, 0.15) is 5.02 Å². The van der Waals surface area contributed by atoms with Crippen molar-refractivity contribution in [3.63, 3.8) is 0 Å². The van der Waals surface area contributed by atoms with Gasteiger partial charge < -0.3 is 10.1 Å². The van der Waals surface area contributed by atoms with Gasteiger partial charge in [-0.15, -0.1) is 0 Å². The van der Waals surface area contributed by atoms with Crippen molar-refractivity contribution in [1.29, 1.82) is 0 Å². The van der Waals surface area contributed by atoms with Gasteiger partial charge in [-0.1, -0.05) is 11.6 Å². The summed E-state index contributed by atoms with van der Waals surface area (Å²) in [5, 5.41) is 23.8. The number of ether oxygens (including phenoxy) is 1. The summed E-state index contributed by atoms with van der Waals surface area (Å²) in [5.41, 5.74) is -1.31. The number of non-ortho nitro benzene ring substituents is 1. The van der Waals surface area contributed by atoms with Gasteiger partial charge in [0, 0.05) is 11.8 Å². The molecule has 0 radical (unpaired) electrons. The highest BCUT2D eigenvalue weighted by Gasteiger charge is 2.26. The summed E-state index contributed by atoms with van der Waals surface area (Å²) in [7, 11) is 0. The van der Waals surface area contributed by atoms with E-state index in [1.54, 1.807) is 6.92 Å². The monoisotopic (exact) mass is 393 g/mol. The maximum absolute atomic E-state index is 12.4. The molecule has 10 nitrogen and oxygen atoms in total. The van der Waals surface area contributed by atoms with Gasteiger partial charge in [-0.05, 0) is 31.2 Å². The summed E-state index contributed by atoms with van der Waals surface area (Å²) in [6.45, 7) is 1.87. The lowest BCUT2D eigenvalue weighted by atomic mass is 10.1. The van der Waals surface area contributed by atoms with Crippen molar-refractivity contribution in [2.24, 2.45) is 0 Å². The number of hydrogen-bond acceptors (Lipinski definition) is 7. The molecule has 2 aromatic rings. The lowest BCUT2D eigenvalue weighted by Crippen LogP contribution is -2.14. The number of halogens is 1. The second-order valence-electron chi connectivity index (χ2n) is 5.09. The van der Waals surface area contributed by atoms with Gasteiger partial charge in [-0.25, -0.2) is 4.79 Å². The molecule has 1 amide bonds. The molecular weight excluding hydrogens is 382 g/mol. The largest absolute Gasteiger partial charge is 0.462 e. The number of nitro groups is 2. The summed E-state index contributed by atoms with van der Waals surface area (Å²) in [6.07, 6.45) is 0. The van der Waals surface area contributed by atoms with Gasteiger partial charge in [-0.2, -0.15) is 0 Å². The number of esters is 1. The van der Waals surface area contributed by atoms with Crippen molar-refractivity contribution in [2.75, 3.05) is 11.9 Å². The first-order valence-corrected chi connectivity index (χ1v) is 7.83. The van der Waals surface area contributed by atoms with Gasteiger partial charge in [0.25, 0.3) is 17.3 Å². The zero-order valence-corrected chi connectivity index (χ0v) is 14.6. The fraction of sp³-hybridized carbons (Fsp3) is 0.125. The summed E-state index contributed by atoms with van der Waals surface area (Å²) in [6, 6.07) is 7.15. The van der Waals surface area contributed by atoms with Gasteiger partial charge in [0.2, 0.25) is 0 Å². The predicted molar refractivity (Wildman–Crippen MR) is 95.1 cm³/mol. The minimum Gasteiger partial charge on any atom is -0.462 e. The standard InChI is InChI=1S/C16H12ClN3O7/c1-2-27-16(22)9-3-5-10(6-4-9)18-15(21)12-7-11(19(23)24)8-13(14(12)17)20(25)26/h3-8H,2H2,1H3,(H,18,21). The summed E-state index contributed by atoms with van der Waals surface area (Å²) in [4.78, 5) is 44.1. The summed E-state index contributed by atoms with van der Waals surface area (Å²) >= 11 is 5.86.